The standard InChI is InChI=1S/C11H12N4O4S/c1-14-10(5-6-12-14)8-13-20(18,19)11-4-2-3-9(7-11)15(16)17/h2-7,13H,8H2,1H3. The van der Waals surface area contributed by atoms with Gasteiger partial charge in [0.15, 0.2) is 0 Å². The summed E-state index contributed by atoms with van der Waals surface area (Å²) in [5, 5.41) is 14.6. The molecule has 2 aromatic rings. The van der Waals surface area contributed by atoms with Gasteiger partial charge in [-0.1, -0.05) is 6.07 Å². The van der Waals surface area contributed by atoms with Crippen molar-refractivity contribution < 1.29 is 13.3 Å². The van der Waals surface area contributed by atoms with Crippen LogP contribution in [0.25, 0.3) is 0 Å². The number of hydrogen-bond donors (Lipinski definition) is 1. The maximum absolute atomic E-state index is 12.1. The Hall–Kier alpha value is -2.26. The van der Waals surface area contributed by atoms with Crippen molar-refractivity contribution in [3.63, 3.8) is 0 Å². The molecule has 0 atom stereocenters. The zero-order valence-corrected chi connectivity index (χ0v) is 11.4. The lowest BCUT2D eigenvalue weighted by molar-refractivity contribution is -0.385. The average molecular weight is 296 g/mol. The van der Waals surface area contributed by atoms with Crippen LogP contribution >= 0.6 is 0 Å². The molecule has 1 heterocycles. The van der Waals surface area contributed by atoms with Gasteiger partial charge < -0.3 is 0 Å². The average Bonchev–Trinajstić information content (AvgIpc) is 2.82. The Morgan fingerprint density at radius 2 is 2.15 bits per heavy atom. The quantitative estimate of drug-likeness (QED) is 0.649. The lowest BCUT2D eigenvalue weighted by Crippen LogP contribution is -2.24. The number of sulfonamides is 1. The van der Waals surface area contributed by atoms with Gasteiger partial charge >= 0.3 is 0 Å². The van der Waals surface area contributed by atoms with Crippen molar-refractivity contribution in [2.24, 2.45) is 7.05 Å². The zero-order valence-electron chi connectivity index (χ0n) is 10.6. The molecule has 0 radical (unpaired) electrons. The van der Waals surface area contributed by atoms with E-state index in [9.17, 15) is 18.5 Å². The largest absolute Gasteiger partial charge is 0.271 e. The van der Waals surface area contributed by atoms with Crippen LogP contribution in [0, 0.1) is 10.1 Å². The Bertz CT molecular complexity index is 738. The first-order chi connectivity index (χ1) is 9.40. The molecule has 0 aliphatic rings. The van der Waals surface area contributed by atoms with Gasteiger partial charge in [-0.3, -0.25) is 14.8 Å². The van der Waals surface area contributed by atoms with Crippen LogP contribution in [0.3, 0.4) is 0 Å². The smallest absolute Gasteiger partial charge is 0.270 e. The summed E-state index contributed by atoms with van der Waals surface area (Å²) in [4.78, 5) is 9.86. The molecule has 0 saturated carbocycles. The minimum Gasteiger partial charge on any atom is -0.271 e. The topological polar surface area (TPSA) is 107 Å². The molecule has 20 heavy (non-hydrogen) atoms. The van der Waals surface area contributed by atoms with Gasteiger partial charge in [0, 0.05) is 25.4 Å². The number of non-ortho nitro benzene ring substituents is 1. The van der Waals surface area contributed by atoms with Gasteiger partial charge in [-0.15, -0.1) is 0 Å². The molecule has 0 aliphatic heterocycles. The normalized spacial score (nSPS) is 11.4. The van der Waals surface area contributed by atoms with Gasteiger partial charge in [-0.05, 0) is 12.1 Å². The number of nitro benzene ring substituents is 1. The molecule has 1 aromatic heterocycles. The van der Waals surface area contributed by atoms with Crippen molar-refractivity contribution in [1.29, 1.82) is 0 Å². The monoisotopic (exact) mass is 296 g/mol. The van der Waals surface area contributed by atoms with Crippen LogP contribution < -0.4 is 4.72 Å². The summed E-state index contributed by atoms with van der Waals surface area (Å²) in [6.07, 6.45) is 1.55. The number of nitrogens with one attached hydrogen (secondary N) is 1. The summed E-state index contributed by atoms with van der Waals surface area (Å²) in [5.41, 5.74) is 0.410. The summed E-state index contributed by atoms with van der Waals surface area (Å²) >= 11 is 0. The van der Waals surface area contributed by atoms with Crippen LogP contribution in [0.4, 0.5) is 5.69 Å². The van der Waals surface area contributed by atoms with Gasteiger partial charge in [0.05, 0.1) is 22.1 Å². The lowest BCUT2D eigenvalue weighted by Gasteiger charge is -2.06. The minimum absolute atomic E-state index is 0.0571. The molecule has 0 fully saturated rings. The molecule has 106 valence electrons. The number of aromatic nitrogens is 2. The first-order valence-corrected chi connectivity index (χ1v) is 7.09. The van der Waals surface area contributed by atoms with Crippen LogP contribution in [0.5, 0.6) is 0 Å². The van der Waals surface area contributed by atoms with Crippen molar-refractivity contribution in [2.75, 3.05) is 0 Å². The van der Waals surface area contributed by atoms with E-state index in [1.54, 1.807) is 19.3 Å². The number of benzene rings is 1. The molecular weight excluding hydrogens is 284 g/mol. The highest BCUT2D eigenvalue weighted by molar-refractivity contribution is 7.89. The van der Waals surface area contributed by atoms with Gasteiger partial charge in [-0.25, -0.2) is 13.1 Å². The van der Waals surface area contributed by atoms with Crippen LogP contribution in [0.2, 0.25) is 0 Å². The maximum atomic E-state index is 12.1. The molecule has 0 aliphatic carbocycles. The number of nitro groups is 1. The summed E-state index contributed by atoms with van der Waals surface area (Å²) in [6, 6.07) is 6.57. The van der Waals surface area contributed by atoms with Crippen LogP contribution in [0.1, 0.15) is 5.69 Å². The van der Waals surface area contributed by atoms with Crippen LogP contribution in [-0.2, 0) is 23.6 Å². The molecule has 0 spiro atoms. The van der Waals surface area contributed by atoms with Crippen molar-refractivity contribution in [3.8, 4) is 0 Å². The number of rotatable bonds is 5. The number of aryl methyl sites for hydroxylation is 1. The zero-order chi connectivity index (χ0) is 14.8. The summed E-state index contributed by atoms with van der Waals surface area (Å²) in [7, 11) is -2.11. The highest BCUT2D eigenvalue weighted by atomic mass is 32.2. The Morgan fingerprint density at radius 1 is 1.40 bits per heavy atom. The summed E-state index contributed by atoms with van der Waals surface area (Å²) < 4.78 is 28.0. The van der Waals surface area contributed by atoms with Gasteiger partial charge in [-0.2, -0.15) is 5.10 Å². The van der Waals surface area contributed by atoms with Gasteiger partial charge in [0.2, 0.25) is 10.0 Å². The molecule has 0 bridgehead atoms. The van der Waals surface area contributed by atoms with Crippen molar-refractivity contribution in [1.82, 2.24) is 14.5 Å². The second-order valence-corrected chi connectivity index (χ2v) is 5.79. The van der Waals surface area contributed by atoms with E-state index < -0.39 is 14.9 Å². The van der Waals surface area contributed by atoms with Crippen molar-refractivity contribution in [2.45, 2.75) is 11.4 Å². The predicted octanol–water partition coefficient (Wildman–Crippen LogP) is 0.807. The first kappa shape index (κ1) is 14.2. The molecule has 9 heteroatoms. The number of nitrogens with zero attached hydrogens (tertiary/aromatic N) is 3. The minimum atomic E-state index is -3.80. The molecule has 1 N–H and O–H groups in total. The number of hydrogen-bond acceptors (Lipinski definition) is 5. The lowest BCUT2D eigenvalue weighted by atomic mass is 10.3. The van der Waals surface area contributed by atoms with Crippen molar-refractivity contribution in [3.05, 3.63) is 52.3 Å². The van der Waals surface area contributed by atoms with Crippen LogP contribution in [0.15, 0.2) is 41.4 Å². The Balaban J connectivity index is 2.20. The van der Waals surface area contributed by atoms with E-state index >= 15 is 0 Å². The highest BCUT2D eigenvalue weighted by Crippen LogP contribution is 2.17. The van der Waals surface area contributed by atoms with Gasteiger partial charge in [0.25, 0.3) is 5.69 Å². The predicted molar refractivity (Wildman–Crippen MR) is 70.3 cm³/mol. The summed E-state index contributed by atoms with van der Waals surface area (Å²) in [5.74, 6) is 0. The van der Waals surface area contributed by atoms with E-state index in [1.165, 1.54) is 22.9 Å². The maximum Gasteiger partial charge on any atom is 0.270 e. The SMILES string of the molecule is Cn1nccc1CNS(=O)(=O)c1cccc([N+](=O)[O-])c1. The molecule has 2 rings (SSSR count). The van der Waals surface area contributed by atoms with E-state index in [-0.39, 0.29) is 17.1 Å². The fraction of sp³-hybridized carbons (Fsp3) is 0.182. The first-order valence-electron chi connectivity index (χ1n) is 5.61. The highest BCUT2D eigenvalue weighted by Gasteiger charge is 2.17. The van der Waals surface area contributed by atoms with Gasteiger partial charge in [0.1, 0.15) is 0 Å². The summed E-state index contributed by atoms with van der Waals surface area (Å²) in [6.45, 7) is 0.0571. The second-order valence-electron chi connectivity index (χ2n) is 4.03. The van der Waals surface area contributed by atoms with E-state index in [0.29, 0.717) is 5.69 Å². The Labute approximate surface area is 115 Å². The third-order valence-corrected chi connectivity index (χ3v) is 4.10. The fourth-order valence-corrected chi connectivity index (χ4v) is 2.63. The van der Waals surface area contributed by atoms with Crippen molar-refractivity contribution >= 4 is 15.7 Å². The third-order valence-electron chi connectivity index (χ3n) is 2.70. The second kappa shape index (κ2) is 5.39. The molecule has 0 unspecified atom stereocenters. The van der Waals surface area contributed by atoms with E-state index in [4.69, 9.17) is 0 Å². The van der Waals surface area contributed by atoms with E-state index in [2.05, 4.69) is 9.82 Å². The van der Waals surface area contributed by atoms with Crippen LogP contribution in [-0.4, -0.2) is 23.1 Å². The third kappa shape index (κ3) is 3.00. The molecule has 8 nitrogen and oxygen atoms in total. The van der Waals surface area contributed by atoms with E-state index in [1.807, 2.05) is 0 Å². The van der Waals surface area contributed by atoms with E-state index in [0.717, 1.165) is 6.07 Å². The molecule has 0 saturated heterocycles. The Kier molecular flexibility index (Phi) is 3.81. The molecule has 0 amide bonds. The fourth-order valence-electron chi connectivity index (χ4n) is 1.59. The molecule has 1 aromatic carbocycles. The Morgan fingerprint density at radius 3 is 2.75 bits per heavy atom. The molecular formula is C11H12N4O4S.